The van der Waals surface area contributed by atoms with Crippen LogP contribution in [0.5, 0.6) is 0 Å². The summed E-state index contributed by atoms with van der Waals surface area (Å²) >= 11 is 0. The Kier molecular flexibility index (Phi) is 2.70. The molecule has 0 spiro atoms. The lowest BCUT2D eigenvalue weighted by atomic mass is 9.81. The Balaban J connectivity index is 2.21. The highest BCUT2D eigenvalue weighted by atomic mass is 16.4. The van der Waals surface area contributed by atoms with E-state index in [1.165, 1.54) is 19.0 Å². The fourth-order valence-corrected chi connectivity index (χ4v) is 1.73. The molecule has 1 aromatic rings. The Labute approximate surface area is 83.3 Å². The summed E-state index contributed by atoms with van der Waals surface area (Å²) < 4.78 is 0. The normalized spacial score (nSPS) is 16.0. The highest BCUT2D eigenvalue weighted by Crippen LogP contribution is 2.17. The number of rotatable bonds is 2. The first-order valence-corrected chi connectivity index (χ1v) is 4.83. The summed E-state index contributed by atoms with van der Waals surface area (Å²) in [5.41, 5.74) is 1.43. The standard InChI is InChI=1S/C9H13BN2O2/c13-10(14)8-5-9(7-11-6-8)12-3-1-2-4-12/h5-7,13-14H,1-4H2. The van der Waals surface area contributed by atoms with Gasteiger partial charge in [-0.1, -0.05) is 0 Å². The van der Waals surface area contributed by atoms with E-state index in [4.69, 9.17) is 10.0 Å². The molecule has 1 aromatic heterocycles. The van der Waals surface area contributed by atoms with Crippen LogP contribution in [0.4, 0.5) is 5.69 Å². The lowest BCUT2D eigenvalue weighted by Crippen LogP contribution is -2.31. The van der Waals surface area contributed by atoms with Crippen LogP contribution in [-0.2, 0) is 0 Å². The largest absolute Gasteiger partial charge is 0.490 e. The Bertz CT molecular complexity index is 313. The van der Waals surface area contributed by atoms with Crippen molar-refractivity contribution >= 4 is 18.3 Å². The van der Waals surface area contributed by atoms with Crippen molar-refractivity contribution in [3.05, 3.63) is 18.5 Å². The minimum absolute atomic E-state index is 0.453. The molecule has 5 heteroatoms. The Morgan fingerprint density at radius 1 is 1.21 bits per heavy atom. The first-order valence-electron chi connectivity index (χ1n) is 4.83. The van der Waals surface area contributed by atoms with Crippen LogP contribution in [0, 0.1) is 0 Å². The SMILES string of the molecule is OB(O)c1cncc(N2CCCC2)c1. The molecule has 4 nitrogen and oxygen atoms in total. The third-order valence-corrected chi connectivity index (χ3v) is 2.51. The van der Waals surface area contributed by atoms with Crippen LogP contribution in [0.3, 0.4) is 0 Å². The molecule has 14 heavy (non-hydrogen) atoms. The van der Waals surface area contributed by atoms with Crippen LogP contribution in [0.2, 0.25) is 0 Å². The smallest absolute Gasteiger partial charge is 0.423 e. The average Bonchev–Trinajstić information content (AvgIpc) is 2.71. The lowest BCUT2D eigenvalue weighted by Gasteiger charge is -2.17. The molecule has 0 atom stereocenters. The topological polar surface area (TPSA) is 56.6 Å². The van der Waals surface area contributed by atoms with Crippen molar-refractivity contribution in [1.29, 1.82) is 0 Å². The van der Waals surface area contributed by atoms with Crippen molar-refractivity contribution < 1.29 is 10.0 Å². The molecule has 74 valence electrons. The van der Waals surface area contributed by atoms with Crippen molar-refractivity contribution in [2.45, 2.75) is 12.8 Å². The van der Waals surface area contributed by atoms with E-state index < -0.39 is 7.12 Å². The molecule has 0 saturated carbocycles. The third-order valence-electron chi connectivity index (χ3n) is 2.51. The number of pyridine rings is 1. The molecule has 0 aliphatic carbocycles. The van der Waals surface area contributed by atoms with E-state index in [1.807, 2.05) is 0 Å². The van der Waals surface area contributed by atoms with Gasteiger partial charge in [-0.25, -0.2) is 0 Å². The van der Waals surface area contributed by atoms with Crippen molar-refractivity contribution in [2.24, 2.45) is 0 Å². The summed E-state index contributed by atoms with van der Waals surface area (Å²) in [7, 11) is -1.43. The summed E-state index contributed by atoms with van der Waals surface area (Å²) in [5, 5.41) is 18.0. The highest BCUT2D eigenvalue weighted by molar-refractivity contribution is 6.58. The summed E-state index contributed by atoms with van der Waals surface area (Å²) in [6.45, 7) is 2.07. The quantitative estimate of drug-likeness (QED) is 0.612. The number of aromatic nitrogens is 1. The van der Waals surface area contributed by atoms with Crippen molar-refractivity contribution in [2.75, 3.05) is 18.0 Å². The van der Waals surface area contributed by atoms with Crippen LogP contribution >= 0.6 is 0 Å². The number of hydrogen-bond acceptors (Lipinski definition) is 4. The molecular weight excluding hydrogens is 179 g/mol. The predicted molar refractivity (Wildman–Crippen MR) is 55.5 cm³/mol. The van der Waals surface area contributed by atoms with Gasteiger partial charge in [-0.05, 0) is 18.9 Å². The predicted octanol–water partition coefficient (Wildman–Crippen LogP) is -0.638. The second kappa shape index (κ2) is 3.98. The van der Waals surface area contributed by atoms with Gasteiger partial charge in [0.25, 0.3) is 0 Å². The zero-order valence-corrected chi connectivity index (χ0v) is 7.93. The van der Waals surface area contributed by atoms with Gasteiger partial charge in [0.15, 0.2) is 0 Å². The molecule has 0 aromatic carbocycles. The first-order chi connectivity index (χ1) is 6.77. The maximum Gasteiger partial charge on any atom is 0.490 e. The summed E-state index contributed by atoms with van der Waals surface area (Å²) in [6, 6.07) is 1.78. The molecule has 1 aliphatic rings. The molecule has 1 saturated heterocycles. The average molecular weight is 192 g/mol. The maximum absolute atomic E-state index is 8.99. The number of anilines is 1. The van der Waals surface area contributed by atoms with Gasteiger partial charge in [-0.2, -0.15) is 0 Å². The molecule has 1 aliphatic heterocycles. The first kappa shape index (κ1) is 9.49. The zero-order chi connectivity index (χ0) is 9.97. The fourth-order valence-electron chi connectivity index (χ4n) is 1.73. The van der Waals surface area contributed by atoms with Crippen LogP contribution in [0.15, 0.2) is 18.5 Å². The molecule has 0 amide bonds. The van der Waals surface area contributed by atoms with Crippen LogP contribution in [-0.4, -0.2) is 35.2 Å². The molecule has 2 heterocycles. The second-order valence-corrected chi connectivity index (χ2v) is 3.54. The Morgan fingerprint density at radius 3 is 2.57 bits per heavy atom. The van der Waals surface area contributed by atoms with Crippen molar-refractivity contribution in [3.63, 3.8) is 0 Å². The molecule has 2 N–H and O–H groups in total. The zero-order valence-electron chi connectivity index (χ0n) is 7.93. The number of hydrogen-bond donors (Lipinski definition) is 2. The van der Waals surface area contributed by atoms with Crippen LogP contribution in [0.25, 0.3) is 0 Å². The van der Waals surface area contributed by atoms with Gasteiger partial charge in [0.05, 0.1) is 11.9 Å². The van der Waals surface area contributed by atoms with E-state index >= 15 is 0 Å². The van der Waals surface area contributed by atoms with E-state index in [0.29, 0.717) is 5.46 Å². The highest BCUT2D eigenvalue weighted by Gasteiger charge is 2.16. The van der Waals surface area contributed by atoms with E-state index in [0.717, 1.165) is 18.8 Å². The second-order valence-electron chi connectivity index (χ2n) is 3.54. The van der Waals surface area contributed by atoms with Gasteiger partial charge in [0.1, 0.15) is 0 Å². The van der Waals surface area contributed by atoms with Crippen LogP contribution < -0.4 is 10.4 Å². The van der Waals surface area contributed by atoms with Crippen molar-refractivity contribution in [3.8, 4) is 0 Å². The molecule has 2 rings (SSSR count). The molecule has 0 bridgehead atoms. The van der Waals surface area contributed by atoms with Gasteiger partial charge >= 0.3 is 7.12 Å². The Morgan fingerprint density at radius 2 is 1.93 bits per heavy atom. The molecule has 0 unspecified atom stereocenters. The van der Waals surface area contributed by atoms with Crippen LogP contribution in [0.1, 0.15) is 12.8 Å². The Hall–Kier alpha value is -1.07. The van der Waals surface area contributed by atoms with E-state index in [1.54, 1.807) is 12.3 Å². The lowest BCUT2D eigenvalue weighted by molar-refractivity contribution is 0.425. The van der Waals surface area contributed by atoms with E-state index in [2.05, 4.69) is 9.88 Å². The molecule has 0 radical (unpaired) electrons. The van der Waals surface area contributed by atoms with Gasteiger partial charge in [0.2, 0.25) is 0 Å². The van der Waals surface area contributed by atoms with Crippen molar-refractivity contribution in [1.82, 2.24) is 4.98 Å². The summed E-state index contributed by atoms with van der Waals surface area (Å²) in [6.07, 6.45) is 5.64. The minimum Gasteiger partial charge on any atom is -0.423 e. The maximum atomic E-state index is 8.99. The minimum atomic E-state index is -1.43. The van der Waals surface area contributed by atoms with Gasteiger partial charge in [-0.3, -0.25) is 4.98 Å². The van der Waals surface area contributed by atoms with Gasteiger partial charge in [-0.15, -0.1) is 0 Å². The van der Waals surface area contributed by atoms with E-state index in [-0.39, 0.29) is 0 Å². The number of nitrogens with zero attached hydrogens (tertiary/aromatic N) is 2. The summed E-state index contributed by atoms with van der Waals surface area (Å²) in [5.74, 6) is 0. The molecular formula is C9H13BN2O2. The van der Waals surface area contributed by atoms with Gasteiger partial charge in [0, 0.05) is 24.7 Å². The summed E-state index contributed by atoms with van der Waals surface area (Å²) in [4.78, 5) is 6.20. The van der Waals surface area contributed by atoms with Gasteiger partial charge < -0.3 is 14.9 Å². The monoisotopic (exact) mass is 192 g/mol. The third kappa shape index (κ3) is 1.88. The fraction of sp³-hybridized carbons (Fsp3) is 0.444. The molecule has 1 fully saturated rings. The van der Waals surface area contributed by atoms with E-state index in [9.17, 15) is 0 Å².